The Hall–Kier alpha value is -2.36. The van der Waals surface area contributed by atoms with Gasteiger partial charge in [0.1, 0.15) is 5.69 Å². The van der Waals surface area contributed by atoms with Crippen LogP contribution in [0.4, 0.5) is 11.4 Å². The summed E-state index contributed by atoms with van der Waals surface area (Å²) in [6.45, 7) is 6.82. The molecule has 1 aromatic carbocycles. The molecule has 1 aromatic heterocycles. The summed E-state index contributed by atoms with van der Waals surface area (Å²) in [6, 6.07) is 9.88. The van der Waals surface area contributed by atoms with E-state index in [1.54, 1.807) is 12.3 Å². The first kappa shape index (κ1) is 15.0. The number of hydrogen-bond donors (Lipinski definition) is 2. The second-order valence-electron chi connectivity index (χ2n) is 5.19. The molecule has 0 fully saturated rings. The van der Waals surface area contributed by atoms with Crippen molar-refractivity contribution in [3.8, 4) is 0 Å². The van der Waals surface area contributed by atoms with Crippen LogP contribution in [-0.2, 0) is 0 Å². The summed E-state index contributed by atoms with van der Waals surface area (Å²) in [5, 5.41) is 6.11. The fourth-order valence-electron chi connectivity index (χ4n) is 2.14. The smallest absolute Gasteiger partial charge is 0.269 e. The lowest BCUT2D eigenvalue weighted by Gasteiger charge is -2.09. The van der Waals surface area contributed by atoms with Crippen LogP contribution in [0.25, 0.3) is 0 Å². The van der Waals surface area contributed by atoms with Crippen LogP contribution in [0, 0.1) is 13.8 Å². The van der Waals surface area contributed by atoms with Crippen LogP contribution in [0.15, 0.2) is 36.5 Å². The van der Waals surface area contributed by atoms with Gasteiger partial charge in [0.25, 0.3) is 5.91 Å². The average molecular weight is 283 g/mol. The first-order valence-corrected chi connectivity index (χ1v) is 7.18. The Balaban J connectivity index is 2.07. The lowest BCUT2D eigenvalue weighted by Crippen LogP contribution is -2.24. The van der Waals surface area contributed by atoms with Crippen molar-refractivity contribution in [2.45, 2.75) is 27.2 Å². The molecule has 21 heavy (non-hydrogen) atoms. The van der Waals surface area contributed by atoms with E-state index in [2.05, 4.69) is 47.7 Å². The molecule has 110 valence electrons. The lowest BCUT2D eigenvalue weighted by atomic mass is 10.1. The van der Waals surface area contributed by atoms with Crippen LogP contribution in [0.3, 0.4) is 0 Å². The van der Waals surface area contributed by atoms with Gasteiger partial charge in [0.15, 0.2) is 0 Å². The number of aryl methyl sites for hydroxylation is 2. The van der Waals surface area contributed by atoms with E-state index in [4.69, 9.17) is 0 Å². The highest BCUT2D eigenvalue weighted by Crippen LogP contribution is 2.19. The number of carbonyl (C=O) groups excluding carboxylic acids is 1. The Morgan fingerprint density at radius 1 is 1.10 bits per heavy atom. The molecular formula is C17H21N3O. The molecule has 1 amide bonds. The molecule has 1 heterocycles. The zero-order chi connectivity index (χ0) is 15.2. The zero-order valence-corrected chi connectivity index (χ0v) is 12.7. The minimum absolute atomic E-state index is 0.130. The van der Waals surface area contributed by atoms with Crippen LogP contribution in [-0.4, -0.2) is 17.4 Å². The number of anilines is 2. The standard InChI is InChI=1S/C17H21N3O/c1-4-7-18-17(21)16-6-5-14(11-19-16)20-15-9-12(2)8-13(3)10-15/h5-6,8-11,20H,4,7H2,1-3H3,(H,18,21). The van der Waals surface area contributed by atoms with Gasteiger partial charge in [-0.2, -0.15) is 0 Å². The topological polar surface area (TPSA) is 54.0 Å². The number of hydrogen-bond acceptors (Lipinski definition) is 3. The minimum atomic E-state index is -0.130. The second-order valence-corrected chi connectivity index (χ2v) is 5.19. The average Bonchev–Trinajstić information content (AvgIpc) is 2.44. The highest BCUT2D eigenvalue weighted by Gasteiger charge is 2.06. The van der Waals surface area contributed by atoms with Gasteiger partial charge in [-0.25, -0.2) is 4.98 Å². The van der Waals surface area contributed by atoms with Crippen molar-refractivity contribution in [3.63, 3.8) is 0 Å². The second kappa shape index (κ2) is 6.88. The lowest BCUT2D eigenvalue weighted by molar-refractivity contribution is 0.0949. The summed E-state index contributed by atoms with van der Waals surface area (Å²) >= 11 is 0. The molecule has 0 saturated carbocycles. The number of carbonyl (C=O) groups is 1. The van der Waals surface area contributed by atoms with Gasteiger partial charge in [-0.05, 0) is 55.7 Å². The quantitative estimate of drug-likeness (QED) is 0.881. The summed E-state index contributed by atoms with van der Waals surface area (Å²) < 4.78 is 0. The molecular weight excluding hydrogens is 262 g/mol. The first-order valence-electron chi connectivity index (χ1n) is 7.18. The van der Waals surface area contributed by atoms with Crippen molar-refractivity contribution in [2.75, 3.05) is 11.9 Å². The third kappa shape index (κ3) is 4.31. The van der Waals surface area contributed by atoms with Crippen LogP contribution >= 0.6 is 0 Å². The molecule has 0 aliphatic carbocycles. The maximum absolute atomic E-state index is 11.8. The van der Waals surface area contributed by atoms with E-state index in [1.807, 2.05) is 13.0 Å². The maximum atomic E-state index is 11.8. The molecule has 0 bridgehead atoms. The Kier molecular flexibility index (Phi) is 4.93. The molecule has 0 unspecified atom stereocenters. The van der Waals surface area contributed by atoms with Gasteiger partial charge in [0, 0.05) is 12.2 Å². The molecule has 4 nitrogen and oxygen atoms in total. The van der Waals surface area contributed by atoms with Crippen LogP contribution < -0.4 is 10.6 Å². The van der Waals surface area contributed by atoms with Crippen molar-refractivity contribution >= 4 is 17.3 Å². The number of nitrogens with one attached hydrogen (secondary N) is 2. The van der Waals surface area contributed by atoms with Gasteiger partial charge in [-0.3, -0.25) is 4.79 Å². The number of aromatic nitrogens is 1. The van der Waals surface area contributed by atoms with Gasteiger partial charge < -0.3 is 10.6 Å². The third-order valence-electron chi connectivity index (χ3n) is 3.04. The largest absolute Gasteiger partial charge is 0.354 e. The highest BCUT2D eigenvalue weighted by atomic mass is 16.1. The predicted octanol–water partition coefficient (Wildman–Crippen LogP) is 3.58. The summed E-state index contributed by atoms with van der Waals surface area (Å²) in [6.07, 6.45) is 2.59. The number of pyridine rings is 1. The monoisotopic (exact) mass is 283 g/mol. The SMILES string of the molecule is CCCNC(=O)c1ccc(Nc2cc(C)cc(C)c2)cn1. The molecule has 0 radical (unpaired) electrons. The molecule has 2 N–H and O–H groups in total. The van der Waals surface area contributed by atoms with Crippen molar-refractivity contribution in [3.05, 3.63) is 53.3 Å². The van der Waals surface area contributed by atoms with Crippen LogP contribution in [0.5, 0.6) is 0 Å². The number of nitrogens with zero attached hydrogens (tertiary/aromatic N) is 1. The van der Waals surface area contributed by atoms with E-state index in [9.17, 15) is 4.79 Å². The Morgan fingerprint density at radius 3 is 2.38 bits per heavy atom. The third-order valence-corrected chi connectivity index (χ3v) is 3.04. The molecule has 0 aliphatic heterocycles. The number of rotatable bonds is 5. The first-order chi connectivity index (χ1) is 10.1. The van der Waals surface area contributed by atoms with Crippen LogP contribution in [0.2, 0.25) is 0 Å². The molecule has 0 spiro atoms. The molecule has 0 aliphatic rings. The van der Waals surface area contributed by atoms with Crippen LogP contribution in [0.1, 0.15) is 35.0 Å². The molecule has 2 rings (SSSR count). The Bertz CT molecular complexity index is 600. The van der Waals surface area contributed by atoms with E-state index < -0.39 is 0 Å². The Labute approximate surface area is 125 Å². The molecule has 0 atom stereocenters. The number of amides is 1. The van der Waals surface area contributed by atoms with Crippen molar-refractivity contribution < 1.29 is 4.79 Å². The molecule has 4 heteroatoms. The fourth-order valence-corrected chi connectivity index (χ4v) is 2.14. The van der Waals surface area contributed by atoms with E-state index >= 15 is 0 Å². The summed E-state index contributed by atoms with van der Waals surface area (Å²) in [5.74, 6) is -0.130. The van der Waals surface area contributed by atoms with E-state index in [1.165, 1.54) is 11.1 Å². The van der Waals surface area contributed by atoms with E-state index in [0.29, 0.717) is 12.2 Å². The zero-order valence-electron chi connectivity index (χ0n) is 12.7. The van der Waals surface area contributed by atoms with Gasteiger partial charge in [-0.1, -0.05) is 13.0 Å². The fraction of sp³-hybridized carbons (Fsp3) is 0.294. The predicted molar refractivity (Wildman–Crippen MR) is 86.1 cm³/mol. The van der Waals surface area contributed by atoms with Gasteiger partial charge in [0.05, 0.1) is 11.9 Å². The summed E-state index contributed by atoms with van der Waals surface area (Å²) in [7, 11) is 0. The highest BCUT2D eigenvalue weighted by molar-refractivity contribution is 5.92. The van der Waals surface area contributed by atoms with E-state index in [0.717, 1.165) is 17.8 Å². The Morgan fingerprint density at radius 2 is 1.81 bits per heavy atom. The summed E-state index contributed by atoms with van der Waals surface area (Å²) in [4.78, 5) is 16.0. The van der Waals surface area contributed by atoms with E-state index in [-0.39, 0.29) is 5.91 Å². The van der Waals surface area contributed by atoms with Gasteiger partial charge in [0.2, 0.25) is 0 Å². The normalized spacial score (nSPS) is 10.2. The van der Waals surface area contributed by atoms with Crippen molar-refractivity contribution in [1.29, 1.82) is 0 Å². The minimum Gasteiger partial charge on any atom is -0.354 e. The van der Waals surface area contributed by atoms with Gasteiger partial charge in [-0.15, -0.1) is 0 Å². The molecule has 0 saturated heterocycles. The summed E-state index contributed by atoms with van der Waals surface area (Å²) in [5.41, 5.74) is 4.75. The maximum Gasteiger partial charge on any atom is 0.269 e. The van der Waals surface area contributed by atoms with Crippen molar-refractivity contribution in [1.82, 2.24) is 10.3 Å². The number of benzene rings is 1. The van der Waals surface area contributed by atoms with Gasteiger partial charge >= 0.3 is 0 Å². The molecule has 2 aromatic rings. The van der Waals surface area contributed by atoms with Crippen molar-refractivity contribution in [2.24, 2.45) is 0 Å².